The van der Waals surface area contributed by atoms with E-state index in [1.807, 2.05) is 0 Å². The second-order valence-corrected chi connectivity index (χ2v) is 9.19. The molecule has 0 saturated carbocycles. The van der Waals surface area contributed by atoms with E-state index in [0.29, 0.717) is 0 Å². The van der Waals surface area contributed by atoms with Gasteiger partial charge in [-0.25, -0.2) is 21.6 Å². The molecule has 1 heterocycles. The van der Waals surface area contributed by atoms with Crippen LogP contribution in [0.15, 0.2) is 17.0 Å². The van der Waals surface area contributed by atoms with E-state index in [4.69, 9.17) is 28.9 Å². The zero-order valence-corrected chi connectivity index (χ0v) is 13.3. The van der Waals surface area contributed by atoms with E-state index in [0.717, 1.165) is 0 Å². The van der Waals surface area contributed by atoms with Crippen LogP contribution in [0.1, 0.15) is 6.42 Å². The molecule has 1 atom stereocenters. The minimum Gasteiger partial charge on any atom is -0.396 e. The van der Waals surface area contributed by atoms with Crippen LogP contribution in [-0.4, -0.2) is 34.4 Å². The van der Waals surface area contributed by atoms with Crippen LogP contribution < -0.4 is 10.5 Å². The van der Waals surface area contributed by atoms with E-state index < -0.39 is 25.9 Å². The molecule has 0 aromatic heterocycles. The van der Waals surface area contributed by atoms with Gasteiger partial charge in [0.15, 0.2) is 9.84 Å². The van der Waals surface area contributed by atoms with Crippen molar-refractivity contribution in [3.8, 4) is 0 Å². The van der Waals surface area contributed by atoms with Gasteiger partial charge in [-0.1, -0.05) is 23.2 Å². The quantitative estimate of drug-likeness (QED) is 0.785. The number of hydrogen-bond acceptors (Lipinski definition) is 5. The number of nitrogen functional groups attached to an aromatic ring is 1. The maximum Gasteiger partial charge on any atom is 0.242 e. The number of benzene rings is 1. The van der Waals surface area contributed by atoms with Gasteiger partial charge >= 0.3 is 0 Å². The number of hydrogen-bond donors (Lipinski definition) is 2. The van der Waals surface area contributed by atoms with Gasteiger partial charge in [0.2, 0.25) is 10.0 Å². The fourth-order valence-corrected chi connectivity index (χ4v) is 5.74. The van der Waals surface area contributed by atoms with Crippen LogP contribution in [0, 0.1) is 0 Å². The van der Waals surface area contributed by atoms with Crippen molar-refractivity contribution in [2.24, 2.45) is 0 Å². The van der Waals surface area contributed by atoms with Gasteiger partial charge in [0.1, 0.15) is 4.90 Å². The standard InChI is InChI=1S/C10H12Cl2N2O4S2/c11-7-1-2-8(9(12)10(7)13)20(17,18)14-6-3-4-19(15,16)5-6/h1-2,6,14H,3-5,13H2. The second-order valence-electron chi connectivity index (χ2n) is 4.49. The van der Waals surface area contributed by atoms with Gasteiger partial charge in [0, 0.05) is 6.04 Å². The van der Waals surface area contributed by atoms with Crippen molar-refractivity contribution in [3.05, 3.63) is 22.2 Å². The SMILES string of the molecule is Nc1c(Cl)ccc(S(=O)(=O)NC2CCS(=O)(=O)C2)c1Cl. The molecule has 1 saturated heterocycles. The van der Waals surface area contributed by atoms with E-state index in [1.54, 1.807) is 0 Å². The van der Waals surface area contributed by atoms with Crippen LogP contribution in [0.5, 0.6) is 0 Å². The van der Waals surface area contributed by atoms with E-state index in [2.05, 4.69) is 4.72 Å². The molecule has 6 nitrogen and oxygen atoms in total. The van der Waals surface area contributed by atoms with Crippen molar-refractivity contribution in [3.63, 3.8) is 0 Å². The molecule has 1 aromatic carbocycles. The average Bonchev–Trinajstić information content (AvgIpc) is 2.64. The van der Waals surface area contributed by atoms with Gasteiger partial charge in [-0.05, 0) is 18.6 Å². The van der Waals surface area contributed by atoms with Gasteiger partial charge in [0.05, 0.1) is 27.2 Å². The van der Waals surface area contributed by atoms with Gasteiger partial charge in [-0.3, -0.25) is 0 Å². The topological polar surface area (TPSA) is 106 Å². The fraction of sp³-hybridized carbons (Fsp3) is 0.400. The second kappa shape index (κ2) is 5.34. The van der Waals surface area contributed by atoms with Crippen molar-refractivity contribution >= 4 is 48.7 Å². The first kappa shape index (κ1) is 15.8. The van der Waals surface area contributed by atoms with Crippen LogP contribution in [0.4, 0.5) is 5.69 Å². The zero-order valence-electron chi connectivity index (χ0n) is 10.1. The summed E-state index contributed by atoms with van der Waals surface area (Å²) in [6, 6.07) is 1.90. The van der Waals surface area contributed by atoms with Crippen molar-refractivity contribution in [1.29, 1.82) is 0 Å². The summed E-state index contributed by atoms with van der Waals surface area (Å²) >= 11 is 11.6. The van der Waals surface area contributed by atoms with Crippen LogP contribution in [0.25, 0.3) is 0 Å². The summed E-state index contributed by atoms with van der Waals surface area (Å²) in [7, 11) is -7.13. The monoisotopic (exact) mass is 358 g/mol. The molecule has 1 aromatic rings. The summed E-state index contributed by atoms with van der Waals surface area (Å²) in [5, 5.41) is -0.0248. The molecule has 0 bridgehead atoms. The number of nitrogens with one attached hydrogen (secondary N) is 1. The first-order valence-corrected chi connectivity index (χ1v) is 9.65. The lowest BCUT2D eigenvalue weighted by molar-refractivity contribution is 0.562. The van der Waals surface area contributed by atoms with Crippen LogP contribution in [0.2, 0.25) is 10.0 Å². The number of nitrogens with two attached hydrogens (primary N) is 1. The Balaban J connectivity index is 2.30. The van der Waals surface area contributed by atoms with E-state index in [9.17, 15) is 16.8 Å². The molecule has 1 unspecified atom stereocenters. The summed E-state index contributed by atoms with van der Waals surface area (Å²) in [4.78, 5) is -0.217. The molecule has 3 N–H and O–H groups in total. The molecular formula is C10H12Cl2N2O4S2. The van der Waals surface area contributed by atoms with Crippen molar-refractivity contribution in [1.82, 2.24) is 4.72 Å². The molecule has 1 aliphatic rings. The highest BCUT2D eigenvalue weighted by molar-refractivity contribution is 7.92. The fourth-order valence-electron chi connectivity index (χ4n) is 1.93. The van der Waals surface area contributed by atoms with Crippen molar-refractivity contribution in [2.45, 2.75) is 17.4 Å². The Morgan fingerprint density at radius 2 is 1.95 bits per heavy atom. The van der Waals surface area contributed by atoms with Gasteiger partial charge < -0.3 is 5.73 Å². The highest BCUT2D eigenvalue weighted by atomic mass is 35.5. The summed E-state index contributed by atoms with van der Waals surface area (Å²) in [5.41, 5.74) is 5.55. The Morgan fingerprint density at radius 1 is 1.30 bits per heavy atom. The molecule has 20 heavy (non-hydrogen) atoms. The Morgan fingerprint density at radius 3 is 2.50 bits per heavy atom. The van der Waals surface area contributed by atoms with E-state index in [-0.39, 0.29) is 38.6 Å². The zero-order chi connectivity index (χ0) is 15.1. The van der Waals surface area contributed by atoms with Crippen molar-refractivity contribution < 1.29 is 16.8 Å². The lowest BCUT2D eigenvalue weighted by Gasteiger charge is -2.13. The van der Waals surface area contributed by atoms with E-state index >= 15 is 0 Å². The minimum atomic E-state index is -3.95. The minimum absolute atomic E-state index is 0.0311. The molecule has 0 spiro atoms. The molecule has 0 amide bonds. The number of rotatable bonds is 3. The molecule has 2 rings (SSSR count). The Labute approximate surface area is 127 Å². The summed E-state index contributed by atoms with van der Waals surface area (Å²) in [6.45, 7) is 0. The third kappa shape index (κ3) is 3.20. The van der Waals surface area contributed by atoms with Crippen LogP contribution in [-0.2, 0) is 19.9 Å². The smallest absolute Gasteiger partial charge is 0.242 e. The highest BCUT2D eigenvalue weighted by Gasteiger charge is 2.32. The average molecular weight is 359 g/mol. The summed E-state index contributed by atoms with van der Waals surface area (Å²) in [5.74, 6) is -0.246. The third-order valence-corrected chi connectivity index (χ3v) is 7.11. The number of sulfone groups is 1. The number of halogens is 2. The van der Waals surface area contributed by atoms with Gasteiger partial charge in [-0.2, -0.15) is 0 Å². The van der Waals surface area contributed by atoms with Crippen molar-refractivity contribution in [2.75, 3.05) is 17.2 Å². The largest absolute Gasteiger partial charge is 0.396 e. The predicted molar refractivity (Wildman–Crippen MR) is 78.3 cm³/mol. The molecular weight excluding hydrogens is 347 g/mol. The first-order chi connectivity index (χ1) is 9.12. The first-order valence-electron chi connectivity index (χ1n) is 5.58. The maximum atomic E-state index is 12.2. The lowest BCUT2D eigenvalue weighted by atomic mass is 10.3. The lowest BCUT2D eigenvalue weighted by Crippen LogP contribution is -2.35. The van der Waals surface area contributed by atoms with Gasteiger partial charge in [-0.15, -0.1) is 0 Å². The Kier molecular flexibility index (Phi) is 4.23. The summed E-state index contributed by atoms with van der Waals surface area (Å²) in [6.07, 6.45) is 0.238. The van der Waals surface area contributed by atoms with E-state index in [1.165, 1.54) is 12.1 Å². The Hall–Kier alpha value is -0.540. The van der Waals surface area contributed by atoms with Gasteiger partial charge in [0.25, 0.3) is 0 Å². The third-order valence-electron chi connectivity index (χ3n) is 2.93. The molecule has 112 valence electrons. The normalized spacial score (nSPS) is 22.0. The number of sulfonamides is 1. The summed E-state index contributed by atoms with van der Waals surface area (Å²) < 4.78 is 49.4. The van der Waals surface area contributed by atoms with Crippen LogP contribution >= 0.6 is 23.2 Å². The predicted octanol–water partition coefficient (Wildman–Crippen LogP) is 1.04. The molecule has 1 fully saturated rings. The molecule has 0 radical (unpaired) electrons. The number of anilines is 1. The molecule has 10 heteroatoms. The Bertz CT molecular complexity index is 747. The maximum absolute atomic E-state index is 12.2. The molecule has 1 aliphatic heterocycles. The molecule has 0 aliphatic carbocycles. The highest BCUT2D eigenvalue weighted by Crippen LogP contribution is 2.33. The van der Waals surface area contributed by atoms with Crippen LogP contribution in [0.3, 0.4) is 0 Å².